The zero-order chi connectivity index (χ0) is 25.8. The van der Waals surface area contributed by atoms with Crippen molar-refractivity contribution in [1.29, 1.82) is 0 Å². The van der Waals surface area contributed by atoms with Crippen molar-refractivity contribution in [3.8, 4) is 11.5 Å². The number of phenolic OH excluding ortho intramolecular Hbond substituents is 2. The minimum atomic E-state index is -0.872. The Kier molecular flexibility index (Phi) is 12.4. The van der Waals surface area contributed by atoms with Crippen molar-refractivity contribution in [2.45, 2.75) is 85.7 Å². The molecule has 34 heavy (non-hydrogen) atoms. The zero-order valence-corrected chi connectivity index (χ0v) is 21.8. The Bertz CT molecular complexity index is 942. The van der Waals surface area contributed by atoms with Crippen LogP contribution in [0, 0.1) is 0 Å². The quantitative estimate of drug-likeness (QED) is 0.235. The molecule has 0 aliphatic carbocycles. The summed E-state index contributed by atoms with van der Waals surface area (Å²) in [6.07, 6.45) is 10.2. The summed E-state index contributed by atoms with van der Waals surface area (Å²) in [4.78, 5) is 12.6. The van der Waals surface area contributed by atoms with E-state index in [1.807, 2.05) is 39.8 Å². The highest BCUT2D eigenvalue weighted by Gasteiger charge is 2.29. The third-order valence-corrected chi connectivity index (χ3v) is 5.85. The van der Waals surface area contributed by atoms with Crippen LogP contribution in [0.5, 0.6) is 11.5 Å². The lowest BCUT2D eigenvalue weighted by atomic mass is 9.88. The van der Waals surface area contributed by atoms with Crippen molar-refractivity contribution in [1.82, 2.24) is 0 Å². The number of aliphatic hydroxyl groups excluding tert-OH is 1. The normalized spacial score (nSPS) is 13.8. The molecule has 0 radical (unpaired) electrons. The molecule has 0 amide bonds. The molecular formula is C29H42O5. The van der Waals surface area contributed by atoms with E-state index in [0.29, 0.717) is 24.0 Å². The van der Waals surface area contributed by atoms with Crippen molar-refractivity contribution in [2.24, 2.45) is 0 Å². The first kappa shape index (κ1) is 29.2. The molecule has 0 heterocycles. The van der Waals surface area contributed by atoms with E-state index in [1.54, 1.807) is 0 Å². The van der Waals surface area contributed by atoms with Crippen LogP contribution in [0.2, 0.25) is 0 Å². The van der Waals surface area contributed by atoms with E-state index in [-0.39, 0.29) is 17.9 Å². The van der Waals surface area contributed by atoms with Gasteiger partial charge in [0.15, 0.2) is 0 Å². The van der Waals surface area contributed by atoms with Gasteiger partial charge in [0.2, 0.25) is 0 Å². The molecule has 0 spiro atoms. The van der Waals surface area contributed by atoms with Gasteiger partial charge in [-0.3, -0.25) is 4.79 Å². The van der Waals surface area contributed by atoms with Gasteiger partial charge in [0, 0.05) is 11.1 Å². The SMILES string of the molecule is COC(=O)[C@@H](C[C@@H](O)/C(C)=C/CC=C(C)C)c1ccc(O)c(C/C=C(\C)CCC=C(C)C)c1O. The molecule has 0 saturated carbocycles. The highest BCUT2D eigenvalue weighted by atomic mass is 16.5. The molecule has 1 aromatic carbocycles. The Labute approximate surface area is 205 Å². The minimum Gasteiger partial charge on any atom is -0.508 e. The number of carbonyl (C=O) groups is 1. The Balaban J connectivity index is 3.17. The summed E-state index contributed by atoms with van der Waals surface area (Å²) in [5.41, 5.74) is 5.06. The summed E-state index contributed by atoms with van der Waals surface area (Å²) >= 11 is 0. The molecule has 0 aliphatic heterocycles. The molecule has 5 heteroatoms. The lowest BCUT2D eigenvalue weighted by Crippen LogP contribution is -2.22. The average molecular weight is 471 g/mol. The molecule has 1 rings (SSSR count). The molecule has 188 valence electrons. The van der Waals surface area contributed by atoms with Gasteiger partial charge >= 0.3 is 5.97 Å². The van der Waals surface area contributed by atoms with Crippen LogP contribution in [-0.2, 0) is 16.0 Å². The number of esters is 1. The molecular weight excluding hydrogens is 428 g/mol. The van der Waals surface area contributed by atoms with Crippen LogP contribution >= 0.6 is 0 Å². The van der Waals surface area contributed by atoms with Crippen LogP contribution in [0.15, 0.2) is 58.7 Å². The van der Waals surface area contributed by atoms with Crippen molar-refractivity contribution >= 4 is 5.97 Å². The number of aliphatic hydroxyl groups is 1. The summed E-state index contributed by atoms with van der Waals surface area (Å²) in [5.74, 6) is -1.58. The number of methoxy groups -OCH3 is 1. The molecule has 0 bridgehead atoms. The first-order valence-corrected chi connectivity index (χ1v) is 11.9. The average Bonchev–Trinajstić information content (AvgIpc) is 2.76. The highest BCUT2D eigenvalue weighted by molar-refractivity contribution is 5.79. The Hall–Kier alpha value is -2.79. The van der Waals surface area contributed by atoms with E-state index in [1.165, 1.54) is 30.4 Å². The van der Waals surface area contributed by atoms with E-state index < -0.39 is 18.0 Å². The van der Waals surface area contributed by atoms with E-state index >= 15 is 0 Å². The fourth-order valence-corrected chi connectivity index (χ4v) is 3.61. The van der Waals surface area contributed by atoms with Gasteiger partial charge in [-0.1, -0.05) is 47.1 Å². The molecule has 0 unspecified atom stereocenters. The number of hydrogen-bond acceptors (Lipinski definition) is 5. The number of ether oxygens (including phenoxy) is 1. The Morgan fingerprint density at radius 1 is 0.971 bits per heavy atom. The maximum absolute atomic E-state index is 12.6. The summed E-state index contributed by atoms with van der Waals surface area (Å²) < 4.78 is 4.98. The van der Waals surface area contributed by atoms with Crippen molar-refractivity contribution in [3.05, 3.63) is 69.9 Å². The predicted molar refractivity (Wildman–Crippen MR) is 139 cm³/mol. The number of carbonyl (C=O) groups excluding carboxylic acids is 1. The molecule has 5 nitrogen and oxygen atoms in total. The van der Waals surface area contributed by atoms with E-state index in [0.717, 1.165) is 24.0 Å². The second-order valence-corrected chi connectivity index (χ2v) is 9.37. The van der Waals surface area contributed by atoms with Crippen LogP contribution in [-0.4, -0.2) is 34.5 Å². The number of phenols is 2. The lowest BCUT2D eigenvalue weighted by molar-refractivity contribution is -0.143. The summed E-state index contributed by atoms with van der Waals surface area (Å²) in [6.45, 7) is 12.0. The maximum Gasteiger partial charge on any atom is 0.313 e. The predicted octanol–water partition coefficient (Wildman–Crippen LogP) is 6.64. The molecule has 1 aromatic rings. The number of hydrogen-bond donors (Lipinski definition) is 3. The Morgan fingerprint density at radius 2 is 1.62 bits per heavy atom. The van der Waals surface area contributed by atoms with Gasteiger partial charge in [0.25, 0.3) is 0 Å². The topological polar surface area (TPSA) is 87.0 Å². The third kappa shape index (κ3) is 9.60. The largest absolute Gasteiger partial charge is 0.508 e. The van der Waals surface area contributed by atoms with Crippen molar-refractivity contribution in [3.63, 3.8) is 0 Å². The van der Waals surface area contributed by atoms with Crippen LogP contribution in [0.3, 0.4) is 0 Å². The first-order chi connectivity index (χ1) is 16.0. The van der Waals surface area contributed by atoms with Gasteiger partial charge < -0.3 is 20.1 Å². The van der Waals surface area contributed by atoms with E-state index in [4.69, 9.17) is 4.74 Å². The molecule has 0 aliphatic rings. The van der Waals surface area contributed by atoms with Crippen LogP contribution < -0.4 is 0 Å². The number of allylic oxidation sites excluding steroid dienone is 7. The van der Waals surface area contributed by atoms with E-state index in [9.17, 15) is 20.1 Å². The van der Waals surface area contributed by atoms with Crippen molar-refractivity contribution in [2.75, 3.05) is 7.11 Å². The molecule has 0 saturated heterocycles. The minimum absolute atomic E-state index is 0.0310. The molecule has 2 atom stereocenters. The molecule has 0 fully saturated rings. The number of rotatable bonds is 12. The van der Waals surface area contributed by atoms with Gasteiger partial charge in [-0.15, -0.1) is 0 Å². The van der Waals surface area contributed by atoms with Gasteiger partial charge in [-0.25, -0.2) is 0 Å². The smallest absolute Gasteiger partial charge is 0.313 e. The Morgan fingerprint density at radius 3 is 2.21 bits per heavy atom. The van der Waals surface area contributed by atoms with Crippen LogP contribution in [0.25, 0.3) is 0 Å². The standard InChI is InChI=1S/C29H42O5/c1-19(2)10-8-12-21(5)14-15-24-26(30)17-16-23(28(24)32)25(29(33)34-7)18-27(31)22(6)13-9-11-20(3)4/h10-11,13-14,16-17,25,27,30-32H,8-9,12,15,18H2,1-7H3/b21-14+,22-13+/t25-,27+/m0/s1. The zero-order valence-electron chi connectivity index (χ0n) is 21.8. The monoisotopic (exact) mass is 470 g/mol. The second-order valence-electron chi connectivity index (χ2n) is 9.37. The first-order valence-electron chi connectivity index (χ1n) is 11.9. The highest BCUT2D eigenvalue weighted by Crippen LogP contribution is 2.38. The van der Waals surface area contributed by atoms with Gasteiger partial charge in [-0.05, 0) is 85.3 Å². The number of aromatic hydroxyl groups is 2. The fraction of sp³-hybridized carbons (Fsp3) is 0.483. The van der Waals surface area contributed by atoms with E-state index in [2.05, 4.69) is 26.0 Å². The van der Waals surface area contributed by atoms with Crippen molar-refractivity contribution < 1.29 is 24.9 Å². The third-order valence-electron chi connectivity index (χ3n) is 5.85. The van der Waals surface area contributed by atoms with Crippen LogP contribution in [0.4, 0.5) is 0 Å². The van der Waals surface area contributed by atoms with Gasteiger partial charge in [0.05, 0.1) is 19.1 Å². The summed E-state index contributed by atoms with van der Waals surface area (Å²) in [7, 11) is 1.29. The van der Waals surface area contributed by atoms with Gasteiger partial charge in [-0.2, -0.15) is 0 Å². The summed E-state index contributed by atoms with van der Waals surface area (Å²) in [6, 6.07) is 3.01. The van der Waals surface area contributed by atoms with Crippen LogP contribution in [0.1, 0.15) is 84.3 Å². The lowest BCUT2D eigenvalue weighted by Gasteiger charge is -2.21. The second kappa shape index (κ2) is 14.5. The molecule has 0 aromatic heterocycles. The fourth-order valence-electron chi connectivity index (χ4n) is 3.61. The number of benzene rings is 1. The van der Waals surface area contributed by atoms with Gasteiger partial charge in [0.1, 0.15) is 11.5 Å². The maximum atomic E-state index is 12.6. The molecule has 3 N–H and O–H groups in total. The summed E-state index contributed by atoms with van der Waals surface area (Å²) in [5, 5.41) is 32.1.